The number of nitrogens with zero attached hydrogens (tertiary/aromatic N) is 3. The lowest BCUT2D eigenvalue weighted by atomic mass is 9.98. The molecule has 4 rings (SSSR count). The van der Waals surface area contributed by atoms with Crippen molar-refractivity contribution in [2.24, 2.45) is 11.7 Å². The van der Waals surface area contributed by atoms with Gasteiger partial charge in [-0.3, -0.25) is 4.79 Å². The first-order valence-corrected chi connectivity index (χ1v) is 10.6. The Morgan fingerprint density at radius 1 is 1.31 bits per heavy atom. The summed E-state index contributed by atoms with van der Waals surface area (Å²) in [5.74, 6) is 2.43. The van der Waals surface area contributed by atoms with Crippen LogP contribution in [0.2, 0.25) is 0 Å². The maximum absolute atomic E-state index is 9.36. The molecule has 4 N–H and O–H groups in total. The van der Waals surface area contributed by atoms with Crippen LogP contribution in [0.3, 0.4) is 0 Å². The molecular weight excluding hydrogens is 370 g/mol. The van der Waals surface area contributed by atoms with E-state index in [1.54, 1.807) is 0 Å². The molecule has 1 saturated heterocycles. The SMILES string of the molecule is CC.CCNc1cc2c3c(c1)nc(N1CCC(CO)CC1)n3CCCO2.NC=O. The van der Waals surface area contributed by atoms with Gasteiger partial charge in [0.15, 0.2) is 0 Å². The van der Waals surface area contributed by atoms with Gasteiger partial charge in [0.05, 0.1) is 12.1 Å². The third kappa shape index (κ3) is 5.32. The molecule has 0 unspecified atom stereocenters. The number of carbonyl (C=O) groups excluding carboxylic acids is 1. The molecule has 1 aromatic carbocycles. The second-order valence-electron chi connectivity index (χ2n) is 6.89. The molecular formula is C21H35N5O3. The second kappa shape index (κ2) is 11.5. The summed E-state index contributed by atoms with van der Waals surface area (Å²) in [6, 6.07) is 4.22. The Balaban J connectivity index is 0.000000551. The average Bonchev–Trinajstić information content (AvgIpc) is 2.98. The molecule has 0 aliphatic carbocycles. The van der Waals surface area contributed by atoms with Crippen molar-refractivity contribution in [3.8, 4) is 5.75 Å². The number of aliphatic hydroxyl groups is 1. The lowest BCUT2D eigenvalue weighted by molar-refractivity contribution is -0.106. The van der Waals surface area contributed by atoms with Crippen molar-refractivity contribution in [3.05, 3.63) is 12.1 Å². The minimum atomic E-state index is 0.250. The number of carbonyl (C=O) groups is 1. The van der Waals surface area contributed by atoms with Crippen LogP contribution in [0.1, 0.15) is 40.0 Å². The van der Waals surface area contributed by atoms with Gasteiger partial charge in [0, 0.05) is 44.5 Å². The van der Waals surface area contributed by atoms with Gasteiger partial charge in [-0.2, -0.15) is 0 Å². The van der Waals surface area contributed by atoms with Crippen molar-refractivity contribution >= 4 is 29.1 Å². The number of hydrogen-bond acceptors (Lipinski definition) is 6. The van der Waals surface area contributed by atoms with Gasteiger partial charge in [0.2, 0.25) is 12.4 Å². The number of aliphatic hydroxyl groups excluding tert-OH is 1. The molecule has 3 heterocycles. The fraction of sp³-hybridized carbons (Fsp3) is 0.619. The van der Waals surface area contributed by atoms with Gasteiger partial charge in [0.1, 0.15) is 11.3 Å². The van der Waals surface area contributed by atoms with Crippen LogP contribution in [-0.2, 0) is 11.3 Å². The quantitative estimate of drug-likeness (QED) is 0.675. The summed E-state index contributed by atoms with van der Waals surface area (Å²) in [7, 11) is 0. The summed E-state index contributed by atoms with van der Waals surface area (Å²) in [5, 5.41) is 12.7. The van der Waals surface area contributed by atoms with E-state index in [1.165, 1.54) is 0 Å². The number of rotatable bonds is 4. The summed E-state index contributed by atoms with van der Waals surface area (Å²) in [6.07, 6.45) is 3.31. The van der Waals surface area contributed by atoms with Crippen molar-refractivity contribution in [1.29, 1.82) is 0 Å². The van der Waals surface area contributed by atoms with Crippen LogP contribution in [0.15, 0.2) is 12.1 Å². The van der Waals surface area contributed by atoms with Crippen molar-refractivity contribution < 1.29 is 14.6 Å². The Labute approximate surface area is 173 Å². The molecule has 0 atom stereocenters. The Bertz CT molecular complexity index is 769. The third-order valence-electron chi connectivity index (χ3n) is 5.11. The molecule has 2 aliphatic heterocycles. The fourth-order valence-electron chi connectivity index (χ4n) is 3.81. The van der Waals surface area contributed by atoms with E-state index in [2.05, 4.69) is 39.6 Å². The minimum Gasteiger partial charge on any atom is -0.491 e. The molecule has 1 amide bonds. The number of benzene rings is 1. The van der Waals surface area contributed by atoms with E-state index in [-0.39, 0.29) is 6.41 Å². The first-order chi connectivity index (χ1) is 14.2. The number of ether oxygens (including phenoxy) is 1. The molecule has 0 radical (unpaired) electrons. The number of primary amides is 1. The van der Waals surface area contributed by atoms with E-state index in [0.717, 1.165) is 80.5 Å². The molecule has 1 aromatic heterocycles. The molecule has 2 aliphatic rings. The molecule has 8 nitrogen and oxygen atoms in total. The molecule has 0 bridgehead atoms. The Kier molecular flexibility index (Phi) is 9.05. The summed E-state index contributed by atoms with van der Waals surface area (Å²) in [6.45, 7) is 10.9. The maximum Gasteiger partial charge on any atom is 0.206 e. The molecule has 162 valence electrons. The topological polar surface area (TPSA) is 106 Å². The highest BCUT2D eigenvalue weighted by atomic mass is 16.5. The van der Waals surface area contributed by atoms with Crippen LogP contribution < -0.4 is 20.7 Å². The lowest BCUT2D eigenvalue weighted by Crippen LogP contribution is -2.36. The number of amides is 1. The number of nitrogens with one attached hydrogen (secondary N) is 1. The first-order valence-electron chi connectivity index (χ1n) is 10.6. The highest BCUT2D eigenvalue weighted by Crippen LogP contribution is 2.36. The van der Waals surface area contributed by atoms with E-state index in [0.29, 0.717) is 12.5 Å². The molecule has 8 heteroatoms. The number of anilines is 2. The van der Waals surface area contributed by atoms with Crippen molar-refractivity contribution in [2.45, 2.75) is 46.6 Å². The zero-order valence-corrected chi connectivity index (χ0v) is 17.9. The molecule has 29 heavy (non-hydrogen) atoms. The summed E-state index contributed by atoms with van der Waals surface area (Å²) >= 11 is 0. The fourth-order valence-corrected chi connectivity index (χ4v) is 3.81. The zero-order chi connectivity index (χ0) is 21.2. The smallest absolute Gasteiger partial charge is 0.206 e. The number of hydrogen-bond donors (Lipinski definition) is 3. The number of aromatic nitrogens is 2. The molecule has 2 aromatic rings. The minimum absolute atomic E-state index is 0.250. The van der Waals surface area contributed by atoms with E-state index in [1.807, 2.05) is 13.8 Å². The van der Waals surface area contributed by atoms with Crippen LogP contribution in [0, 0.1) is 5.92 Å². The van der Waals surface area contributed by atoms with Crippen molar-refractivity contribution in [3.63, 3.8) is 0 Å². The largest absolute Gasteiger partial charge is 0.491 e. The Morgan fingerprint density at radius 2 is 2.00 bits per heavy atom. The van der Waals surface area contributed by atoms with E-state index in [9.17, 15) is 5.11 Å². The zero-order valence-electron chi connectivity index (χ0n) is 17.9. The van der Waals surface area contributed by atoms with Crippen LogP contribution in [-0.4, -0.2) is 53.9 Å². The Hall–Kier alpha value is -2.48. The normalized spacial score (nSPS) is 15.9. The first kappa shape index (κ1) is 22.8. The molecule has 0 saturated carbocycles. The highest BCUT2D eigenvalue weighted by molar-refractivity contribution is 5.88. The van der Waals surface area contributed by atoms with Gasteiger partial charge in [-0.25, -0.2) is 4.98 Å². The summed E-state index contributed by atoms with van der Waals surface area (Å²) in [5.41, 5.74) is 7.36. The summed E-state index contributed by atoms with van der Waals surface area (Å²) in [4.78, 5) is 15.9. The van der Waals surface area contributed by atoms with Crippen molar-refractivity contribution in [2.75, 3.05) is 43.1 Å². The van der Waals surface area contributed by atoms with Crippen LogP contribution in [0.5, 0.6) is 5.75 Å². The van der Waals surface area contributed by atoms with Gasteiger partial charge in [-0.1, -0.05) is 13.8 Å². The second-order valence-corrected chi connectivity index (χ2v) is 6.89. The van der Waals surface area contributed by atoms with E-state index >= 15 is 0 Å². The van der Waals surface area contributed by atoms with E-state index in [4.69, 9.17) is 14.5 Å². The van der Waals surface area contributed by atoms with Gasteiger partial charge in [0.25, 0.3) is 0 Å². The molecule has 1 fully saturated rings. The maximum atomic E-state index is 9.36. The van der Waals surface area contributed by atoms with Gasteiger partial charge in [-0.15, -0.1) is 0 Å². The standard InChI is InChI=1S/C18H26N4O2.C2H6.CH3NO/c1-2-19-14-10-15-17-16(11-14)24-9-3-6-22(17)18(20-15)21-7-4-13(12-23)5-8-21;1-2;2-1-3/h10-11,13,19,23H,2-9,12H2,1H3;1-2H3;1H,(H2,2,3). The van der Waals surface area contributed by atoms with Crippen LogP contribution in [0.4, 0.5) is 11.6 Å². The number of piperidine rings is 1. The van der Waals surface area contributed by atoms with Crippen LogP contribution in [0.25, 0.3) is 11.0 Å². The lowest BCUT2D eigenvalue weighted by Gasteiger charge is -2.32. The van der Waals surface area contributed by atoms with Gasteiger partial charge < -0.3 is 30.4 Å². The summed E-state index contributed by atoms with van der Waals surface area (Å²) < 4.78 is 8.32. The Morgan fingerprint density at radius 3 is 2.62 bits per heavy atom. The average molecular weight is 406 g/mol. The number of aryl methyl sites for hydroxylation is 1. The van der Waals surface area contributed by atoms with Crippen molar-refractivity contribution in [1.82, 2.24) is 9.55 Å². The predicted molar refractivity (Wildman–Crippen MR) is 118 cm³/mol. The number of imidazole rings is 1. The highest BCUT2D eigenvalue weighted by Gasteiger charge is 2.25. The number of nitrogens with two attached hydrogens (primary N) is 1. The predicted octanol–water partition coefficient (Wildman–Crippen LogP) is 2.59. The van der Waals surface area contributed by atoms with Gasteiger partial charge in [-0.05, 0) is 38.2 Å². The monoisotopic (exact) mass is 405 g/mol. The van der Waals surface area contributed by atoms with Crippen LogP contribution >= 0.6 is 0 Å². The molecule has 0 spiro atoms. The third-order valence-corrected chi connectivity index (χ3v) is 5.11. The van der Waals surface area contributed by atoms with Gasteiger partial charge >= 0.3 is 0 Å². The van der Waals surface area contributed by atoms with E-state index < -0.39 is 0 Å².